The molecule has 0 aliphatic rings. The summed E-state index contributed by atoms with van der Waals surface area (Å²) in [6, 6.07) is 22.6. The SMILES string of the molecule is Cc1ccc(NC(=O)C(NC(=O)c2ccccc2)OCC(=O)Nc2ccc(Br)cc2)cc1. The predicted octanol–water partition coefficient (Wildman–Crippen LogP) is 4.11. The maximum absolute atomic E-state index is 12.8. The Morgan fingerprint density at radius 3 is 2.09 bits per heavy atom. The molecule has 0 saturated heterocycles. The molecule has 0 heterocycles. The molecule has 0 aliphatic heterocycles. The summed E-state index contributed by atoms with van der Waals surface area (Å²) in [4.78, 5) is 37.6. The molecule has 3 N–H and O–H groups in total. The monoisotopic (exact) mass is 495 g/mol. The second-order valence-corrected chi connectivity index (χ2v) is 7.86. The maximum Gasteiger partial charge on any atom is 0.274 e. The van der Waals surface area contributed by atoms with Crippen LogP contribution in [0.4, 0.5) is 11.4 Å². The number of ether oxygens (including phenoxy) is 1. The maximum atomic E-state index is 12.8. The summed E-state index contributed by atoms with van der Waals surface area (Å²) in [5.74, 6) is -1.56. The number of hydrogen-bond acceptors (Lipinski definition) is 4. The summed E-state index contributed by atoms with van der Waals surface area (Å²) in [7, 11) is 0. The molecule has 0 fully saturated rings. The lowest BCUT2D eigenvalue weighted by Crippen LogP contribution is -2.46. The number of carbonyl (C=O) groups is 3. The van der Waals surface area contributed by atoms with E-state index in [-0.39, 0.29) is 0 Å². The minimum absolute atomic E-state index is 0.364. The minimum atomic E-state index is -1.38. The molecule has 3 aromatic carbocycles. The zero-order chi connectivity index (χ0) is 22.9. The Bertz CT molecular complexity index is 1070. The van der Waals surface area contributed by atoms with Crippen LogP contribution in [0.3, 0.4) is 0 Å². The van der Waals surface area contributed by atoms with Crippen LogP contribution in [0.2, 0.25) is 0 Å². The Labute approximate surface area is 194 Å². The zero-order valence-electron chi connectivity index (χ0n) is 17.3. The Kier molecular flexibility index (Phi) is 8.13. The number of rotatable bonds is 8. The molecule has 0 radical (unpaired) electrons. The van der Waals surface area contributed by atoms with Gasteiger partial charge in [-0.3, -0.25) is 14.4 Å². The van der Waals surface area contributed by atoms with Crippen molar-refractivity contribution in [2.75, 3.05) is 17.2 Å². The van der Waals surface area contributed by atoms with Crippen LogP contribution in [0.25, 0.3) is 0 Å². The van der Waals surface area contributed by atoms with Crippen molar-refractivity contribution in [3.05, 3.63) is 94.5 Å². The summed E-state index contributed by atoms with van der Waals surface area (Å²) < 4.78 is 6.36. The molecule has 1 unspecified atom stereocenters. The molecule has 3 rings (SSSR count). The molecule has 164 valence electrons. The van der Waals surface area contributed by atoms with Gasteiger partial charge in [0.15, 0.2) is 0 Å². The third-order valence-corrected chi connectivity index (χ3v) is 4.89. The van der Waals surface area contributed by atoms with E-state index in [2.05, 4.69) is 31.9 Å². The molecule has 0 bridgehead atoms. The number of halogens is 1. The normalized spacial score (nSPS) is 11.3. The van der Waals surface area contributed by atoms with Gasteiger partial charge in [-0.15, -0.1) is 0 Å². The Morgan fingerprint density at radius 2 is 1.44 bits per heavy atom. The topological polar surface area (TPSA) is 96.5 Å². The molecule has 0 aromatic heterocycles. The van der Waals surface area contributed by atoms with Crippen LogP contribution in [-0.4, -0.2) is 30.6 Å². The highest BCUT2D eigenvalue weighted by Gasteiger charge is 2.23. The lowest BCUT2D eigenvalue weighted by atomic mass is 10.2. The van der Waals surface area contributed by atoms with E-state index in [1.54, 1.807) is 66.7 Å². The van der Waals surface area contributed by atoms with E-state index in [4.69, 9.17) is 4.74 Å². The highest BCUT2D eigenvalue weighted by atomic mass is 79.9. The fourth-order valence-electron chi connectivity index (χ4n) is 2.71. The van der Waals surface area contributed by atoms with Gasteiger partial charge in [0.2, 0.25) is 12.1 Å². The number of aryl methyl sites for hydroxylation is 1. The lowest BCUT2D eigenvalue weighted by molar-refractivity contribution is -0.133. The van der Waals surface area contributed by atoms with Crippen LogP contribution < -0.4 is 16.0 Å². The van der Waals surface area contributed by atoms with Gasteiger partial charge in [0.1, 0.15) is 6.61 Å². The van der Waals surface area contributed by atoms with Crippen molar-refractivity contribution in [2.45, 2.75) is 13.2 Å². The summed E-state index contributed by atoms with van der Waals surface area (Å²) >= 11 is 3.33. The zero-order valence-corrected chi connectivity index (χ0v) is 18.9. The second-order valence-electron chi connectivity index (χ2n) is 6.94. The molecule has 7 nitrogen and oxygen atoms in total. The summed E-state index contributed by atoms with van der Waals surface area (Å²) in [5.41, 5.74) is 2.53. The minimum Gasteiger partial charge on any atom is -0.339 e. The van der Waals surface area contributed by atoms with E-state index in [0.29, 0.717) is 16.9 Å². The predicted molar refractivity (Wildman–Crippen MR) is 126 cm³/mol. The molecule has 3 aromatic rings. The number of carbonyl (C=O) groups excluding carboxylic acids is 3. The summed E-state index contributed by atoms with van der Waals surface area (Å²) in [6.07, 6.45) is -1.38. The summed E-state index contributed by atoms with van der Waals surface area (Å²) in [5, 5.41) is 7.90. The average molecular weight is 496 g/mol. The van der Waals surface area contributed by atoms with E-state index in [1.807, 2.05) is 19.1 Å². The van der Waals surface area contributed by atoms with E-state index in [9.17, 15) is 14.4 Å². The third-order valence-electron chi connectivity index (χ3n) is 4.36. The highest BCUT2D eigenvalue weighted by molar-refractivity contribution is 9.10. The molecular weight excluding hydrogens is 474 g/mol. The van der Waals surface area contributed by atoms with Crippen molar-refractivity contribution in [2.24, 2.45) is 0 Å². The molecule has 8 heteroatoms. The van der Waals surface area contributed by atoms with Crippen molar-refractivity contribution in [1.29, 1.82) is 0 Å². The van der Waals surface area contributed by atoms with Gasteiger partial charge in [-0.25, -0.2) is 0 Å². The molecule has 1 atom stereocenters. The van der Waals surface area contributed by atoms with E-state index in [1.165, 1.54) is 0 Å². The van der Waals surface area contributed by atoms with Crippen LogP contribution in [0.15, 0.2) is 83.3 Å². The molecule has 0 aliphatic carbocycles. The van der Waals surface area contributed by atoms with Gasteiger partial charge in [-0.1, -0.05) is 51.8 Å². The molecule has 3 amide bonds. The van der Waals surface area contributed by atoms with Crippen molar-refractivity contribution < 1.29 is 19.1 Å². The molecular formula is C24H22BrN3O4. The quantitative estimate of drug-likeness (QED) is 0.409. The van der Waals surface area contributed by atoms with Gasteiger partial charge in [-0.05, 0) is 55.5 Å². The molecule has 0 spiro atoms. The molecule has 0 saturated carbocycles. The van der Waals surface area contributed by atoms with Crippen molar-refractivity contribution in [3.63, 3.8) is 0 Å². The first-order chi connectivity index (χ1) is 15.4. The van der Waals surface area contributed by atoms with E-state index in [0.717, 1.165) is 10.0 Å². The second kappa shape index (κ2) is 11.2. The lowest BCUT2D eigenvalue weighted by Gasteiger charge is -2.19. The van der Waals surface area contributed by atoms with Crippen LogP contribution >= 0.6 is 15.9 Å². The Morgan fingerprint density at radius 1 is 0.844 bits per heavy atom. The van der Waals surface area contributed by atoms with Gasteiger partial charge >= 0.3 is 0 Å². The van der Waals surface area contributed by atoms with Gasteiger partial charge in [0.05, 0.1) is 0 Å². The number of amides is 3. The number of anilines is 2. The fourth-order valence-corrected chi connectivity index (χ4v) is 2.97. The van der Waals surface area contributed by atoms with Crippen molar-refractivity contribution in [3.8, 4) is 0 Å². The average Bonchev–Trinajstić information content (AvgIpc) is 2.80. The van der Waals surface area contributed by atoms with E-state index < -0.39 is 30.6 Å². The molecule has 32 heavy (non-hydrogen) atoms. The van der Waals surface area contributed by atoms with Gasteiger partial charge in [0.25, 0.3) is 11.8 Å². The smallest absolute Gasteiger partial charge is 0.274 e. The number of hydrogen-bond donors (Lipinski definition) is 3. The Balaban J connectivity index is 1.66. The first-order valence-corrected chi connectivity index (χ1v) is 10.6. The van der Waals surface area contributed by atoms with E-state index >= 15 is 0 Å². The van der Waals surface area contributed by atoms with Crippen LogP contribution in [0, 0.1) is 6.92 Å². The number of nitrogens with one attached hydrogen (secondary N) is 3. The Hall–Kier alpha value is -3.49. The summed E-state index contributed by atoms with van der Waals surface area (Å²) in [6.45, 7) is 1.50. The largest absolute Gasteiger partial charge is 0.339 e. The fraction of sp³-hybridized carbons (Fsp3) is 0.125. The standard InChI is InChI=1S/C24H22BrN3O4/c1-16-7-11-20(12-8-16)27-23(31)24(28-22(30)17-5-3-2-4-6-17)32-15-21(29)26-19-13-9-18(25)10-14-19/h2-14,24H,15H2,1H3,(H,26,29)(H,27,31)(H,28,30). The highest BCUT2D eigenvalue weighted by Crippen LogP contribution is 2.14. The van der Waals surface area contributed by atoms with Crippen molar-refractivity contribution >= 4 is 45.0 Å². The van der Waals surface area contributed by atoms with Gasteiger partial charge in [0, 0.05) is 21.4 Å². The third kappa shape index (κ3) is 7.04. The van der Waals surface area contributed by atoms with Crippen molar-refractivity contribution in [1.82, 2.24) is 5.32 Å². The first kappa shape index (κ1) is 23.2. The van der Waals surface area contributed by atoms with Gasteiger partial charge in [-0.2, -0.15) is 0 Å². The first-order valence-electron chi connectivity index (χ1n) is 9.81. The van der Waals surface area contributed by atoms with Crippen LogP contribution in [-0.2, 0) is 14.3 Å². The van der Waals surface area contributed by atoms with Crippen LogP contribution in [0.1, 0.15) is 15.9 Å². The van der Waals surface area contributed by atoms with Gasteiger partial charge < -0.3 is 20.7 Å². The van der Waals surface area contributed by atoms with Crippen LogP contribution in [0.5, 0.6) is 0 Å². The number of benzene rings is 3.